The minimum atomic E-state index is -5.02. The van der Waals surface area contributed by atoms with Gasteiger partial charge in [0.05, 0.1) is 6.04 Å². The van der Waals surface area contributed by atoms with Crippen molar-refractivity contribution in [1.82, 2.24) is 5.32 Å². The predicted molar refractivity (Wildman–Crippen MR) is 124 cm³/mol. The number of carbonyl (C=O) groups excluding carboxylic acids is 2. The highest BCUT2D eigenvalue weighted by Crippen LogP contribution is 2.35. The summed E-state index contributed by atoms with van der Waals surface area (Å²) in [7, 11) is 1.29. The van der Waals surface area contributed by atoms with Crippen LogP contribution in [0.2, 0.25) is 0 Å². The Balaban J connectivity index is 2.69. The lowest BCUT2D eigenvalue weighted by Gasteiger charge is -2.42. The third kappa shape index (κ3) is 7.22. The van der Waals surface area contributed by atoms with E-state index >= 15 is 0 Å². The van der Waals surface area contributed by atoms with E-state index in [0.29, 0.717) is 4.90 Å². The van der Waals surface area contributed by atoms with E-state index in [2.05, 4.69) is 26.8 Å². The number of amides is 2. The van der Waals surface area contributed by atoms with Crippen LogP contribution in [0.5, 0.6) is 5.75 Å². The monoisotopic (exact) mass is 556 g/mol. The number of benzene rings is 1. The highest BCUT2D eigenvalue weighted by molar-refractivity contribution is 6.32. The van der Waals surface area contributed by atoms with Gasteiger partial charge >= 0.3 is 6.36 Å². The predicted octanol–water partition coefficient (Wildman–Crippen LogP) is 4.04. The molecule has 1 N–H and O–H groups in total. The summed E-state index contributed by atoms with van der Waals surface area (Å²) in [6, 6.07) is 1.74. The highest BCUT2D eigenvalue weighted by atomic mass is 35.5. The largest absolute Gasteiger partial charge is 0.573 e. The molecule has 0 bridgehead atoms. The third-order valence-electron chi connectivity index (χ3n) is 5.35. The van der Waals surface area contributed by atoms with Crippen LogP contribution in [-0.4, -0.2) is 74.5 Å². The van der Waals surface area contributed by atoms with Crippen LogP contribution in [0.15, 0.2) is 46.0 Å². The Morgan fingerprint density at radius 1 is 1.32 bits per heavy atom. The third-order valence-corrected chi connectivity index (χ3v) is 5.53. The van der Waals surface area contributed by atoms with Crippen LogP contribution in [-0.2, 0) is 14.3 Å². The van der Waals surface area contributed by atoms with E-state index in [9.17, 15) is 35.9 Å². The van der Waals surface area contributed by atoms with Crippen molar-refractivity contribution < 1.29 is 45.4 Å². The van der Waals surface area contributed by atoms with Gasteiger partial charge in [-0.1, -0.05) is 11.6 Å². The molecule has 1 fully saturated rings. The minimum absolute atomic E-state index is 0.0951. The number of anilines is 1. The van der Waals surface area contributed by atoms with Gasteiger partial charge in [-0.25, -0.2) is 13.2 Å². The Morgan fingerprint density at radius 3 is 2.43 bits per heavy atom. The molecule has 1 aliphatic rings. The molecule has 15 heteroatoms. The van der Waals surface area contributed by atoms with Gasteiger partial charge in [0.2, 0.25) is 0 Å². The molecule has 2 amide bonds. The maximum absolute atomic E-state index is 14.4. The second kappa shape index (κ2) is 11.9. The fraction of sp³-hybridized carbons (Fsp3) is 0.455. The van der Waals surface area contributed by atoms with Crippen LogP contribution in [0.25, 0.3) is 0 Å². The van der Waals surface area contributed by atoms with E-state index in [1.165, 1.54) is 7.05 Å². The number of aliphatic imine (C=N–C) groups is 2. The summed E-state index contributed by atoms with van der Waals surface area (Å²) in [4.78, 5) is 34.4. The molecule has 0 radical (unpaired) electrons. The first-order valence-electron chi connectivity index (χ1n) is 10.5. The quantitative estimate of drug-likeness (QED) is 0.282. The molecule has 1 aliphatic heterocycles. The summed E-state index contributed by atoms with van der Waals surface area (Å²) in [5.74, 6) is -6.90. The Bertz CT molecular complexity index is 1050. The van der Waals surface area contributed by atoms with Gasteiger partial charge in [0.1, 0.15) is 12.4 Å². The van der Waals surface area contributed by atoms with Gasteiger partial charge in [-0.05, 0) is 44.3 Å². The topological polar surface area (TPSA) is 92.6 Å². The molecular weight excluding hydrogens is 534 g/mol. The Kier molecular flexibility index (Phi) is 9.72. The molecule has 204 valence electrons. The summed E-state index contributed by atoms with van der Waals surface area (Å²) >= 11 is 5.41. The van der Waals surface area contributed by atoms with Gasteiger partial charge in [0.25, 0.3) is 23.4 Å². The number of hydrogen-bond acceptors (Lipinski definition) is 6. The highest BCUT2D eigenvalue weighted by Gasteiger charge is 2.51. The van der Waals surface area contributed by atoms with Gasteiger partial charge in [-0.3, -0.25) is 24.5 Å². The van der Waals surface area contributed by atoms with E-state index in [0.717, 1.165) is 43.6 Å². The summed E-state index contributed by atoms with van der Waals surface area (Å²) in [5.41, 5.74) is -5.62. The molecule has 37 heavy (non-hydrogen) atoms. The van der Waals surface area contributed by atoms with Crippen molar-refractivity contribution in [2.45, 2.75) is 42.8 Å². The fourth-order valence-corrected chi connectivity index (χ4v) is 3.68. The van der Waals surface area contributed by atoms with Gasteiger partial charge in [-0.2, -0.15) is 0 Å². The zero-order chi connectivity index (χ0) is 28.0. The number of hydrogen-bond donors (Lipinski definition) is 1. The number of rotatable bonds is 9. The van der Waals surface area contributed by atoms with Crippen LogP contribution in [0.3, 0.4) is 0 Å². The molecular formula is C22H23ClF6N4O4. The fourth-order valence-electron chi connectivity index (χ4n) is 3.58. The average Bonchev–Trinajstić information content (AvgIpc) is 2.80. The summed E-state index contributed by atoms with van der Waals surface area (Å²) in [5, 5.41) is 2.17. The number of nitrogens with zero attached hydrogens (tertiary/aromatic N) is 3. The van der Waals surface area contributed by atoms with Crippen molar-refractivity contribution in [2.24, 2.45) is 9.98 Å². The molecule has 8 nitrogen and oxygen atoms in total. The summed E-state index contributed by atoms with van der Waals surface area (Å²) in [6.07, 6.45) is -3.27. The van der Waals surface area contributed by atoms with Crippen molar-refractivity contribution in [3.8, 4) is 5.75 Å². The second-order valence-electron chi connectivity index (χ2n) is 7.87. The normalized spacial score (nSPS) is 20.6. The van der Waals surface area contributed by atoms with Gasteiger partial charge < -0.3 is 14.8 Å². The summed E-state index contributed by atoms with van der Waals surface area (Å²) in [6.45, 7) is 3.28. The van der Waals surface area contributed by atoms with Crippen LogP contribution in [0, 0.1) is 0 Å². The molecule has 3 atom stereocenters. The van der Waals surface area contributed by atoms with Crippen molar-refractivity contribution in [3.05, 3.63) is 36.0 Å². The smallest absolute Gasteiger partial charge is 0.406 e. The molecule has 1 heterocycles. The second-order valence-corrected chi connectivity index (χ2v) is 8.25. The molecule has 1 saturated heterocycles. The number of ether oxygens (including phenoxy) is 2. The zero-order valence-corrected chi connectivity index (χ0v) is 20.3. The SMILES string of the molecule is C=N/C=C(\C=NC)[C@@](C)(C(=O)NC1CCOCC1(F)F)N(C(=O)[C@H](F)Cl)c1ccc(OC(F)(F)F)cc1. The molecule has 1 aromatic carbocycles. The van der Waals surface area contributed by atoms with Crippen molar-refractivity contribution in [2.75, 3.05) is 25.2 Å². The number of nitrogens with one attached hydrogen (secondary N) is 1. The van der Waals surface area contributed by atoms with Crippen LogP contribution in [0.1, 0.15) is 13.3 Å². The molecule has 1 unspecified atom stereocenters. The Morgan fingerprint density at radius 2 is 1.95 bits per heavy atom. The van der Waals surface area contributed by atoms with Crippen molar-refractivity contribution in [1.29, 1.82) is 0 Å². The minimum Gasteiger partial charge on any atom is -0.406 e. The zero-order valence-electron chi connectivity index (χ0n) is 19.6. The van der Waals surface area contributed by atoms with Crippen molar-refractivity contribution in [3.63, 3.8) is 0 Å². The molecule has 0 spiro atoms. The number of halogens is 7. The maximum atomic E-state index is 14.4. The van der Waals surface area contributed by atoms with Crippen LogP contribution in [0.4, 0.5) is 32.0 Å². The molecule has 2 rings (SSSR count). The maximum Gasteiger partial charge on any atom is 0.573 e. The number of alkyl halides is 7. The van der Waals surface area contributed by atoms with Gasteiger partial charge in [0, 0.05) is 37.3 Å². The lowest BCUT2D eigenvalue weighted by atomic mass is 9.87. The van der Waals surface area contributed by atoms with E-state index in [1.807, 2.05) is 0 Å². The van der Waals surface area contributed by atoms with Gasteiger partial charge in [-0.15, -0.1) is 13.2 Å². The molecule has 1 aromatic rings. The van der Waals surface area contributed by atoms with Crippen LogP contribution < -0.4 is 15.0 Å². The van der Waals surface area contributed by atoms with E-state index in [1.54, 1.807) is 0 Å². The first-order chi connectivity index (χ1) is 17.2. The molecule has 0 aromatic heterocycles. The van der Waals surface area contributed by atoms with Crippen LogP contribution >= 0.6 is 11.6 Å². The standard InChI is InChI=1S/C22H23ClF6N4O4/c1-20(13(10-30-2)11-31-3,19(35)32-16-8-9-36-12-21(16,25)26)33(18(34)17(23)24)14-4-6-15(7-5-14)37-22(27,28)29/h4-7,10-11,16-17H,2,8-9,12H2,1,3H3,(H,32,35)/b13-10+,31-11?/t16?,17-,20-/m0/s1. The van der Waals surface area contributed by atoms with E-state index in [4.69, 9.17) is 16.3 Å². The van der Waals surface area contributed by atoms with Gasteiger partial charge in [0.15, 0.2) is 5.54 Å². The first kappa shape index (κ1) is 30.1. The van der Waals surface area contributed by atoms with E-state index in [-0.39, 0.29) is 24.3 Å². The lowest BCUT2D eigenvalue weighted by molar-refractivity contribution is -0.274. The first-order valence-corrected chi connectivity index (χ1v) is 10.9. The molecule has 0 saturated carbocycles. The van der Waals surface area contributed by atoms with E-state index < -0.39 is 53.7 Å². The average molecular weight is 557 g/mol. The lowest BCUT2D eigenvalue weighted by Crippen LogP contribution is -2.65. The molecule has 0 aliphatic carbocycles. The Hall–Kier alpha value is -3.13. The Labute approximate surface area is 213 Å². The number of carbonyl (C=O) groups is 2. The van der Waals surface area contributed by atoms with Crippen molar-refractivity contribution >= 4 is 42.0 Å². The summed E-state index contributed by atoms with van der Waals surface area (Å²) < 4.78 is 89.3.